The van der Waals surface area contributed by atoms with E-state index in [0.29, 0.717) is 23.7 Å². The molecule has 0 aromatic heterocycles. The summed E-state index contributed by atoms with van der Waals surface area (Å²) in [6.07, 6.45) is 35.3. The van der Waals surface area contributed by atoms with E-state index in [0.717, 1.165) is 218 Å². The van der Waals surface area contributed by atoms with Crippen molar-refractivity contribution in [3.8, 4) is 0 Å². The van der Waals surface area contributed by atoms with Gasteiger partial charge in [0, 0.05) is 23.7 Å². The van der Waals surface area contributed by atoms with Gasteiger partial charge in [-0.1, -0.05) is 114 Å². The minimum absolute atomic E-state index is 0. The van der Waals surface area contributed by atoms with Gasteiger partial charge in [-0.15, -0.1) is 0 Å². The summed E-state index contributed by atoms with van der Waals surface area (Å²) in [5.74, 6) is 1.65. The Morgan fingerprint density at radius 1 is 0.278 bits per heavy atom. The lowest BCUT2D eigenvalue weighted by molar-refractivity contribution is -0.177. The van der Waals surface area contributed by atoms with Crippen molar-refractivity contribution in [3.05, 3.63) is 0 Å². The van der Waals surface area contributed by atoms with Crippen molar-refractivity contribution in [2.75, 3.05) is 0 Å². The Labute approximate surface area is 661 Å². The number of esters is 8. The normalized spacial score (nSPS) is 31.2. The molecule has 0 spiro atoms. The van der Waals surface area contributed by atoms with Crippen molar-refractivity contribution in [2.24, 2.45) is 92.7 Å². The van der Waals surface area contributed by atoms with Crippen molar-refractivity contribution in [1.29, 1.82) is 0 Å². The van der Waals surface area contributed by atoms with Gasteiger partial charge in [-0.2, -0.15) is 0 Å². The third-order valence-corrected chi connectivity index (χ3v) is 28.5. The summed E-state index contributed by atoms with van der Waals surface area (Å²) in [6.45, 7) is 31.9. The summed E-state index contributed by atoms with van der Waals surface area (Å²) >= 11 is 0. The highest BCUT2D eigenvalue weighted by Crippen LogP contribution is 2.56. The summed E-state index contributed by atoms with van der Waals surface area (Å²) in [7, 11) is 0. The van der Waals surface area contributed by atoms with Crippen LogP contribution in [0.25, 0.3) is 0 Å². The molecular weight excluding hydrogens is 1360 g/mol. The molecule has 16 unspecified atom stereocenters. The molecule has 8 bridgehead atoms. The summed E-state index contributed by atoms with van der Waals surface area (Å²) in [4.78, 5) is 101. The van der Waals surface area contributed by atoms with E-state index in [9.17, 15) is 38.4 Å². The minimum atomic E-state index is -0.452. The third-order valence-electron chi connectivity index (χ3n) is 28.5. The second-order valence-corrected chi connectivity index (χ2v) is 37.3. The molecule has 0 amide bonds. The van der Waals surface area contributed by atoms with Crippen LogP contribution in [0.2, 0.25) is 0 Å². The molecule has 0 heterocycles. The zero-order chi connectivity index (χ0) is 73.0. The highest BCUT2D eigenvalue weighted by atomic mass is 16.6. The first-order valence-corrected chi connectivity index (χ1v) is 40.8. The first kappa shape index (κ1) is 102. The number of hydrogen-bond acceptors (Lipinski definition) is 16. The Bertz CT molecular complexity index is 2830. The summed E-state index contributed by atoms with van der Waals surface area (Å²) in [6, 6.07) is 0. The van der Waals surface area contributed by atoms with E-state index >= 15 is 0 Å². The Morgan fingerprint density at radius 3 is 0.676 bits per heavy atom. The SMILES string of the molecule is C.C.C.C.C.C.C.C.CCC(C)(C)C(=O)OC1CC2CC(C(=O)OC3(C)CCCC3)C1C2.CCC(C)(C)C(=O)OC1CC2CC(C(=O)OC3(C)CCCCC3)C1C2.CCC1(OC(=O)C2CC3CC(OC(=O)C(C)(C)CC)C2C3)CCCC1.CCC1(OC(=O)C2CC3CC(OC(=O)C(C)(C)CC)C2C3)CCCCC1. The Hall–Kier alpha value is -4.24. The minimum Gasteiger partial charge on any atom is -0.462 e. The molecule has 16 heteroatoms. The van der Waals surface area contributed by atoms with E-state index in [1.807, 2.05) is 83.1 Å². The van der Waals surface area contributed by atoms with E-state index in [-0.39, 0.29) is 201 Å². The highest BCUT2D eigenvalue weighted by Gasteiger charge is 2.58. The average Bonchev–Trinajstić information content (AvgIpc) is 1.64. The highest BCUT2D eigenvalue weighted by molar-refractivity contribution is 5.80. The molecular formula is C92H168O16. The number of carbonyl (C=O) groups is 8. The maximum atomic E-state index is 13.0. The van der Waals surface area contributed by atoms with Crippen molar-refractivity contribution >= 4 is 47.8 Å². The van der Waals surface area contributed by atoms with Crippen molar-refractivity contribution in [2.45, 2.75) is 448 Å². The molecule has 12 fully saturated rings. The van der Waals surface area contributed by atoms with Crippen LogP contribution in [0, 0.1) is 92.7 Å². The lowest BCUT2D eigenvalue weighted by Crippen LogP contribution is -2.42. The fraction of sp³-hybridized carbons (Fsp3) is 0.913. The molecule has 632 valence electrons. The quantitative estimate of drug-likeness (QED) is 0.0729. The lowest BCUT2D eigenvalue weighted by Gasteiger charge is -2.38. The largest absolute Gasteiger partial charge is 0.462 e. The van der Waals surface area contributed by atoms with Crippen LogP contribution < -0.4 is 0 Å². The van der Waals surface area contributed by atoms with Gasteiger partial charge < -0.3 is 37.9 Å². The number of hydrogen-bond donors (Lipinski definition) is 0. The van der Waals surface area contributed by atoms with Gasteiger partial charge in [-0.25, -0.2) is 0 Å². The number of ether oxygens (including phenoxy) is 8. The molecule has 0 saturated heterocycles. The first-order valence-electron chi connectivity index (χ1n) is 40.8. The van der Waals surface area contributed by atoms with Crippen LogP contribution in [0.4, 0.5) is 0 Å². The number of rotatable bonds is 22. The van der Waals surface area contributed by atoms with Gasteiger partial charge in [-0.3, -0.25) is 38.4 Å². The number of fused-ring (bicyclic) bond motifs is 8. The van der Waals surface area contributed by atoms with Crippen molar-refractivity contribution < 1.29 is 76.3 Å². The fourth-order valence-corrected chi connectivity index (χ4v) is 19.6. The standard InChI is InChI=1S/C22H36O4.2C21H34O4.C20H32O4.8CH4/c1-5-21(3,4)20(24)25-18-14-15-12-16(18)17(13-15)19(23)26-22(6-2)10-8-7-9-11-22;1-5-20(2,3)19(23)24-17-13-14-11-15(17)16(12-14)18(22)25-21(4)9-7-6-8-10-21;1-5-20(3,4)19(23)24-17-13-14-11-15(17)16(12-14)18(22)25-21(6-2)9-7-8-10-21;1-5-19(2,3)18(22)23-16-12-13-10-14(16)15(11-13)17(21)24-20(4)8-6-7-9-20;;;;;;;;/h15-18H,5-14H2,1-4H3;2*14-17H,5-13H2,1-4H3;13-16H,5-12H2,1-4H3;8*1H4. The fourth-order valence-electron chi connectivity index (χ4n) is 19.6. The molecule has 0 radical (unpaired) electrons. The third kappa shape index (κ3) is 23.9. The average molecular weight is 1530 g/mol. The van der Waals surface area contributed by atoms with E-state index < -0.39 is 21.7 Å². The van der Waals surface area contributed by atoms with E-state index in [2.05, 4.69) is 27.7 Å². The van der Waals surface area contributed by atoms with Gasteiger partial charge in [0.05, 0.1) is 45.3 Å². The van der Waals surface area contributed by atoms with Gasteiger partial charge in [-0.05, 0) is 311 Å². The van der Waals surface area contributed by atoms with Crippen LogP contribution in [0.15, 0.2) is 0 Å². The molecule has 0 aliphatic heterocycles. The van der Waals surface area contributed by atoms with Crippen molar-refractivity contribution in [3.63, 3.8) is 0 Å². The van der Waals surface area contributed by atoms with Crippen LogP contribution in [0.5, 0.6) is 0 Å². The van der Waals surface area contributed by atoms with Crippen molar-refractivity contribution in [1.82, 2.24) is 0 Å². The molecule has 0 aromatic rings. The summed E-state index contributed by atoms with van der Waals surface area (Å²) < 4.78 is 47.5. The summed E-state index contributed by atoms with van der Waals surface area (Å²) in [5, 5.41) is 0. The van der Waals surface area contributed by atoms with Crippen LogP contribution in [-0.4, -0.2) is 94.6 Å². The summed E-state index contributed by atoms with van der Waals surface area (Å²) in [5.41, 5.74) is -2.82. The Balaban J connectivity index is 0.000000703. The lowest BCUT2D eigenvalue weighted by atomic mass is 9.81. The van der Waals surface area contributed by atoms with Crippen LogP contribution in [-0.2, 0) is 76.3 Å². The smallest absolute Gasteiger partial charge is 0.311 e. The monoisotopic (exact) mass is 1530 g/mol. The zero-order valence-corrected chi connectivity index (χ0v) is 65.2. The maximum absolute atomic E-state index is 13.0. The number of carbonyl (C=O) groups excluding carboxylic acids is 8. The van der Waals surface area contributed by atoms with Gasteiger partial charge in [0.1, 0.15) is 46.8 Å². The molecule has 0 aromatic carbocycles. The molecule has 12 rings (SSSR count). The van der Waals surface area contributed by atoms with Crippen LogP contribution in [0.3, 0.4) is 0 Å². The van der Waals surface area contributed by atoms with E-state index in [4.69, 9.17) is 37.9 Å². The Morgan fingerprint density at radius 2 is 0.472 bits per heavy atom. The van der Waals surface area contributed by atoms with Crippen LogP contribution in [0.1, 0.15) is 401 Å². The zero-order valence-electron chi connectivity index (χ0n) is 65.2. The van der Waals surface area contributed by atoms with E-state index in [1.54, 1.807) is 0 Å². The molecule has 12 aliphatic rings. The van der Waals surface area contributed by atoms with Gasteiger partial charge in [0.15, 0.2) is 0 Å². The topological polar surface area (TPSA) is 210 Å². The molecule has 108 heavy (non-hydrogen) atoms. The van der Waals surface area contributed by atoms with Gasteiger partial charge in [0.25, 0.3) is 0 Å². The predicted molar refractivity (Wildman–Crippen MR) is 437 cm³/mol. The molecule has 0 N–H and O–H groups in total. The maximum Gasteiger partial charge on any atom is 0.311 e. The second-order valence-electron chi connectivity index (χ2n) is 37.3. The second kappa shape index (κ2) is 41.7. The molecule has 16 atom stereocenters. The van der Waals surface area contributed by atoms with Crippen LogP contribution >= 0.6 is 0 Å². The molecule has 12 aliphatic carbocycles. The molecule has 12 saturated carbocycles. The van der Waals surface area contributed by atoms with Gasteiger partial charge in [0.2, 0.25) is 0 Å². The molecule has 16 nitrogen and oxygen atoms in total. The first-order chi connectivity index (χ1) is 47.1. The van der Waals surface area contributed by atoms with E-state index in [1.165, 1.54) is 12.8 Å². The van der Waals surface area contributed by atoms with Gasteiger partial charge >= 0.3 is 47.8 Å². The predicted octanol–water partition coefficient (Wildman–Crippen LogP) is 23.7. The Kier molecular flexibility index (Phi) is 39.3.